The Morgan fingerprint density at radius 2 is 1.68 bits per heavy atom. The fourth-order valence-corrected chi connectivity index (χ4v) is 2.76. The van der Waals surface area contributed by atoms with Gasteiger partial charge in [-0.3, -0.25) is 5.10 Å². The van der Waals surface area contributed by atoms with Gasteiger partial charge in [0.25, 0.3) is 0 Å². The highest BCUT2D eigenvalue weighted by Gasteiger charge is 2.02. The molecule has 0 amide bonds. The first-order chi connectivity index (χ1) is 12.4. The quantitative estimate of drug-likeness (QED) is 0.536. The van der Waals surface area contributed by atoms with Crippen molar-refractivity contribution in [1.82, 2.24) is 10.2 Å². The number of nitrogens with one attached hydrogen (secondary N) is 2. The zero-order valence-electron chi connectivity index (χ0n) is 13.8. The van der Waals surface area contributed by atoms with Crippen molar-refractivity contribution in [3.8, 4) is 5.75 Å². The van der Waals surface area contributed by atoms with Crippen molar-refractivity contribution >= 4 is 16.6 Å². The molecular weight excluding hydrogens is 310 g/mol. The molecule has 0 aliphatic heterocycles. The highest BCUT2D eigenvalue weighted by Crippen LogP contribution is 2.21. The molecule has 4 aromatic rings. The van der Waals surface area contributed by atoms with Gasteiger partial charge in [-0.25, -0.2) is 0 Å². The molecule has 0 saturated heterocycles. The van der Waals surface area contributed by atoms with Gasteiger partial charge in [-0.05, 0) is 29.3 Å². The van der Waals surface area contributed by atoms with E-state index in [1.54, 1.807) is 0 Å². The molecule has 1 heterocycles. The zero-order valence-corrected chi connectivity index (χ0v) is 13.8. The molecule has 4 rings (SSSR count). The number of aromatic amines is 1. The Morgan fingerprint density at radius 1 is 0.840 bits per heavy atom. The zero-order chi connectivity index (χ0) is 16.9. The molecule has 124 valence electrons. The molecule has 0 unspecified atom stereocenters. The van der Waals surface area contributed by atoms with Crippen LogP contribution in [0.4, 0.5) is 5.69 Å². The van der Waals surface area contributed by atoms with E-state index in [9.17, 15) is 0 Å². The van der Waals surface area contributed by atoms with E-state index >= 15 is 0 Å². The molecular formula is C21H19N3O. The van der Waals surface area contributed by atoms with Crippen molar-refractivity contribution in [3.05, 3.63) is 90.1 Å². The molecule has 0 spiro atoms. The molecule has 0 aliphatic rings. The van der Waals surface area contributed by atoms with Crippen molar-refractivity contribution in [2.24, 2.45) is 0 Å². The molecule has 1 aromatic heterocycles. The summed E-state index contributed by atoms with van der Waals surface area (Å²) in [6.45, 7) is 1.33. The van der Waals surface area contributed by atoms with E-state index in [1.165, 1.54) is 11.1 Å². The summed E-state index contributed by atoms with van der Waals surface area (Å²) in [6, 6.07) is 24.5. The number of nitrogens with zero attached hydrogens (tertiary/aromatic N) is 1. The van der Waals surface area contributed by atoms with Crippen LogP contribution in [0.15, 0.2) is 79.0 Å². The number of aromatic nitrogens is 2. The minimum atomic E-state index is 0.584. The van der Waals surface area contributed by atoms with Crippen LogP contribution < -0.4 is 10.1 Å². The van der Waals surface area contributed by atoms with Crippen LogP contribution in [0, 0.1) is 0 Å². The van der Waals surface area contributed by atoms with Crippen molar-refractivity contribution in [2.75, 3.05) is 5.32 Å². The van der Waals surface area contributed by atoms with Gasteiger partial charge in [0.05, 0.1) is 17.4 Å². The van der Waals surface area contributed by atoms with E-state index in [1.807, 2.05) is 48.7 Å². The number of benzene rings is 3. The number of para-hydroxylation sites is 1. The van der Waals surface area contributed by atoms with Crippen LogP contribution in [0.25, 0.3) is 10.9 Å². The third-order valence-electron chi connectivity index (χ3n) is 4.13. The van der Waals surface area contributed by atoms with E-state index in [0.717, 1.165) is 28.9 Å². The molecule has 0 atom stereocenters. The van der Waals surface area contributed by atoms with Crippen molar-refractivity contribution in [1.29, 1.82) is 0 Å². The largest absolute Gasteiger partial charge is 0.489 e. The second kappa shape index (κ2) is 7.09. The normalized spacial score (nSPS) is 10.7. The Labute approximate surface area is 146 Å². The van der Waals surface area contributed by atoms with Crippen LogP contribution in [0.3, 0.4) is 0 Å². The maximum Gasteiger partial charge on any atom is 0.119 e. The Bertz CT molecular complexity index is 946. The highest BCUT2D eigenvalue weighted by atomic mass is 16.5. The third kappa shape index (κ3) is 3.63. The van der Waals surface area contributed by atoms with Gasteiger partial charge in [0, 0.05) is 11.9 Å². The van der Waals surface area contributed by atoms with Crippen molar-refractivity contribution in [2.45, 2.75) is 13.2 Å². The van der Waals surface area contributed by atoms with Crippen LogP contribution in [0.1, 0.15) is 11.1 Å². The Kier molecular flexibility index (Phi) is 4.33. The number of ether oxygens (including phenoxy) is 1. The molecule has 4 heteroatoms. The highest BCUT2D eigenvalue weighted by molar-refractivity contribution is 5.89. The molecule has 0 saturated carbocycles. The molecule has 0 fully saturated rings. The van der Waals surface area contributed by atoms with Gasteiger partial charge in [-0.2, -0.15) is 5.10 Å². The summed E-state index contributed by atoms with van der Waals surface area (Å²) in [6.07, 6.45) is 1.83. The van der Waals surface area contributed by atoms with Crippen LogP contribution in [0.5, 0.6) is 5.75 Å². The van der Waals surface area contributed by atoms with Gasteiger partial charge in [0.2, 0.25) is 0 Å². The van der Waals surface area contributed by atoms with E-state index in [2.05, 4.69) is 45.8 Å². The minimum absolute atomic E-state index is 0.584. The van der Waals surface area contributed by atoms with Crippen LogP contribution in [-0.2, 0) is 13.2 Å². The maximum absolute atomic E-state index is 5.82. The first kappa shape index (κ1) is 15.3. The average molecular weight is 329 g/mol. The molecule has 2 N–H and O–H groups in total. The lowest BCUT2D eigenvalue weighted by atomic mass is 10.2. The predicted molar refractivity (Wildman–Crippen MR) is 101 cm³/mol. The lowest BCUT2D eigenvalue weighted by Crippen LogP contribution is -2.00. The van der Waals surface area contributed by atoms with Gasteiger partial charge in [0.15, 0.2) is 0 Å². The number of H-pyrrole nitrogens is 1. The standard InChI is InChI=1S/C21H19N3O/c1-2-5-17(6-3-1)15-25-19-11-9-16(10-12-19)13-22-20-8-4-7-18-14-23-24-21(18)20/h1-12,14,22H,13,15H2,(H,23,24). The first-order valence-electron chi connectivity index (χ1n) is 8.30. The Balaban J connectivity index is 1.36. The van der Waals surface area contributed by atoms with Crippen LogP contribution in [0.2, 0.25) is 0 Å². The molecule has 0 bridgehead atoms. The van der Waals surface area contributed by atoms with E-state index < -0.39 is 0 Å². The number of hydrogen-bond donors (Lipinski definition) is 2. The van der Waals surface area contributed by atoms with Gasteiger partial charge in [-0.1, -0.05) is 54.6 Å². The summed E-state index contributed by atoms with van der Waals surface area (Å²) < 4.78 is 5.82. The van der Waals surface area contributed by atoms with Crippen LogP contribution in [-0.4, -0.2) is 10.2 Å². The Morgan fingerprint density at radius 3 is 2.52 bits per heavy atom. The lowest BCUT2D eigenvalue weighted by molar-refractivity contribution is 0.306. The minimum Gasteiger partial charge on any atom is -0.489 e. The molecule has 0 aliphatic carbocycles. The van der Waals surface area contributed by atoms with Gasteiger partial charge < -0.3 is 10.1 Å². The topological polar surface area (TPSA) is 49.9 Å². The molecule has 25 heavy (non-hydrogen) atoms. The number of hydrogen-bond acceptors (Lipinski definition) is 3. The summed E-state index contributed by atoms with van der Waals surface area (Å²) in [5.41, 5.74) is 4.45. The summed E-state index contributed by atoms with van der Waals surface area (Å²) in [4.78, 5) is 0. The predicted octanol–water partition coefficient (Wildman–Crippen LogP) is 4.75. The van der Waals surface area contributed by atoms with Crippen LogP contribution >= 0.6 is 0 Å². The molecule has 3 aromatic carbocycles. The SMILES string of the molecule is c1ccc(COc2ccc(CNc3cccc4cn[nH]c34)cc2)cc1. The first-order valence-corrected chi connectivity index (χ1v) is 8.30. The number of fused-ring (bicyclic) bond motifs is 1. The summed E-state index contributed by atoms with van der Waals surface area (Å²) in [5, 5.41) is 11.7. The van der Waals surface area contributed by atoms with Crippen molar-refractivity contribution in [3.63, 3.8) is 0 Å². The lowest BCUT2D eigenvalue weighted by Gasteiger charge is -2.09. The smallest absolute Gasteiger partial charge is 0.119 e. The second-order valence-corrected chi connectivity index (χ2v) is 5.91. The fourth-order valence-electron chi connectivity index (χ4n) is 2.76. The number of anilines is 1. The van der Waals surface area contributed by atoms with Gasteiger partial charge in [0.1, 0.15) is 12.4 Å². The monoisotopic (exact) mass is 329 g/mol. The maximum atomic E-state index is 5.82. The second-order valence-electron chi connectivity index (χ2n) is 5.91. The Hall–Kier alpha value is -3.27. The van der Waals surface area contributed by atoms with E-state index in [-0.39, 0.29) is 0 Å². The summed E-state index contributed by atoms with van der Waals surface area (Å²) in [5.74, 6) is 0.878. The number of rotatable bonds is 6. The summed E-state index contributed by atoms with van der Waals surface area (Å²) in [7, 11) is 0. The third-order valence-corrected chi connectivity index (χ3v) is 4.13. The fraction of sp³-hybridized carbons (Fsp3) is 0.0952. The van der Waals surface area contributed by atoms with Gasteiger partial charge >= 0.3 is 0 Å². The van der Waals surface area contributed by atoms with Crippen molar-refractivity contribution < 1.29 is 4.74 Å². The average Bonchev–Trinajstić information content (AvgIpc) is 3.16. The summed E-state index contributed by atoms with van der Waals surface area (Å²) >= 11 is 0. The van der Waals surface area contributed by atoms with E-state index in [0.29, 0.717) is 6.61 Å². The molecule has 0 radical (unpaired) electrons. The molecule has 4 nitrogen and oxygen atoms in total. The van der Waals surface area contributed by atoms with E-state index in [4.69, 9.17) is 4.74 Å². The van der Waals surface area contributed by atoms with Gasteiger partial charge in [-0.15, -0.1) is 0 Å².